The lowest BCUT2D eigenvalue weighted by Gasteiger charge is -2.40. The summed E-state index contributed by atoms with van der Waals surface area (Å²) in [5, 5.41) is 10.3. The predicted molar refractivity (Wildman–Crippen MR) is 151 cm³/mol. The number of para-hydroxylation sites is 1. The molecule has 0 aromatic heterocycles. The fourth-order valence-corrected chi connectivity index (χ4v) is 7.44. The van der Waals surface area contributed by atoms with E-state index in [9.17, 15) is 19.5 Å². The molecule has 1 spiro atoms. The Balaban J connectivity index is 1.90. The zero-order chi connectivity index (χ0) is 28.7. The normalized spacial score (nSPS) is 29.7. The molecule has 2 bridgehead atoms. The molecular weight excluding hydrogens is 494 g/mol. The summed E-state index contributed by atoms with van der Waals surface area (Å²) in [6, 6.07) is 4.33. The molecule has 1 aromatic carbocycles. The Morgan fingerprint density at radius 3 is 2.33 bits per heavy atom. The number of amides is 3. The monoisotopic (exact) mass is 537 g/mol. The smallest absolute Gasteiger partial charge is 0.253 e. The first kappa shape index (κ1) is 29.0. The summed E-state index contributed by atoms with van der Waals surface area (Å²) < 4.78 is 6.89. The summed E-state index contributed by atoms with van der Waals surface area (Å²) in [6.07, 6.45) is 5.45. The maximum atomic E-state index is 14.8. The van der Waals surface area contributed by atoms with Crippen molar-refractivity contribution < 1.29 is 24.2 Å². The number of fused-ring (bicyclic) bond motifs is 1. The van der Waals surface area contributed by atoms with E-state index in [2.05, 4.69) is 13.2 Å². The van der Waals surface area contributed by atoms with E-state index >= 15 is 0 Å². The SMILES string of the molecule is C=CCN(C)C(=O)[C@H]1[C@H]2C(=O)N([C@@H](CC)CO)C(C(=O)N(CC=C)c3c(C)cccc3C)C23CC[C@]1(CC)O3. The van der Waals surface area contributed by atoms with Gasteiger partial charge in [-0.2, -0.15) is 0 Å². The number of benzene rings is 1. The highest BCUT2D eigenvalue weighted by atomic mass is 16.5. The van der Waals surface area contributed by atoms with Crippen molar-refractivity contribution in [1.82, 2.24) is 9.80 Å². The molecule has 1 aromatic rings. The van der Waals surface area contributed by atoms with Gasteiger partial charge in [-0.3, -0.25) is 14.4 Å². The van der Waals surface area contributed by atoms with E-state index < -0.39 is 35.1 Å². The number of anilines is 1. The minimum Gasteiger partial charge on any atom is -0.394 e. The average molecular weight is 538 g/mol. The number of carbonyl (C=O) groups is 3. The van der Waals surface area contributed by atoms with Crippen LogP contribution >= 0.6 is 0 Å². The van der Waals surface area contributed by atoms with Crippen LogP contribution in [0, 0.1) is 25.7 Å². The lowest BCUT2D eigenvalue weighted by Crippen LogP contribution is -2.59. The summed E-state index contributed by atoms with van der Waals surface area (Å²) in [5.74, 6) is -2.23. The van der Waals surface area contributed by atoms with Crippen molar-refractivity contribution in [1.29, 1.82) is 0 Å². The Labute approximate surface area is 232 Å². The molecule has 0 aliphatic carbocycles. The first-order valence-electron chi connectivity index (χ1n) is 14.1. The molecule has 212 valence electrons. The van der Waals surface area contributed by atoms with E-state index in [1.54, 1.807) is 33.9 Å². The van der Waals surface area contributed by atoms with Crippen molar-refractivity contribution in [2.24, 2.45) is 11.8 Å². The van der Waals surface area contributed by atoms with E-state index in [1.807, 2.05) is 45.9 Å². The van der Waals surface area contributed by atoms with Crippen LogP contribution in [0.3, 0.4) is 0 Å². The number of carbonyl (C=O) groups excluding carboxylic acids is 3. The van der Waals surface area contributed by atoms with Gasteiger partial charge in [0.05, 0.1) is 30.1 Å². The number of rotatable bonds is 11. The third-order valence-electron chi connectivity index (χ3n) is 9.26. The van der Waals surface area contributed by atoms with Crippen LogP contribution in [-0.4, -0.2) is 82.7 Å². The van der Waals surface area contributed by atoms with Crippen molar-refractivity contribution in [3.05, 3.63) is 54.6 Å². The molecule has 3 amide bonds. The molecule has 0 saturated carbocycles. The molecular formula is C31H43N3O5. The molecule has 3 saturated heterocycles. The van der Waals surface area contributed by atoms with Gasteiger partial charge in [-0.25, -0.2) is 0 Å². The second-order valence-electron chi connectivity index (χ2n) is 11.3. The highest BCUT2D eigenvalue weighted by Crippen LogP contribution is 2.65. The minimum atomic E-state index is -1.15. The minimum absolute atomic E-state index is 0.167. The molecule has 4 rings (SSSR count). The summed E-state index contributed by atoms with van der Waals surface area (Å²) in [5.41, 5.74) is 0.677. The first-order valence-corrected chi connectivity index (χ1v) is 14.1. The molecule has 3 fully saturated rings. The second kappa shape index (κ2) is 10.9. The molecule has 0 radical (unpaired) electrons. The van der Waals surface area contributed by atoms with E-state index in [0.29, 0.717) is 32.2 Å². The van der Waals surface area contributed by atoms with Crippen LogP contribution in [0.25, 0.3) is 0 Å². The highest BCUT2D eigenvalue weighted by Gasteiger charge is 2.79. The van der Waals surface area contributed by atoms with Crippen molar-refractivity contribution in [3.63, 3.8) is 0 Å². The maximum Gasteiger partial charge on any atom is 0.253 e. The van der Waals surface area contributed by atoms with Gasteiger partial charge >= 0.3 is 0 Å². The summed E-state index contributed by atoms with van der Waals surface area (Å²) in [7, 11) is 1.71. The Kier molecular flexibility index (Phi) is 8.11. The van der Waals surface area contributed by atoms with Crippen LogP contribution in [0.1, 0.15) is 50.7 Å². The van der Waals surface area contributed by atoms with Gasteiger partial charge in [-0.1, -0.05) is 44.2 Å². The number of hydrogen-bond acceptors (Lipinski definition) is 5. The molecule has 3 aliphatic rings. The van der Waals surface area contributed by atoms with Crippen LogP contribution in [-0.2, 0) is 19.1 Å². The van der Waals surface area contributed by atoms with Crippen LogP contribution < -0.4 is 4.90 Å². The third-order valence-corrected chi connectivity index (χ3v) is 9.26. The molecule has 1 N–H and O–H groups in total. The predicted octanol–water partition coefficient (Wildman–Crippen LogP) is 3.39. The zero-order valence-corrected chi connectivity index (χ0v) is 24.0. The van der Waals surface area contributed by atoms with Gasteiger partial charge in [0.25, 0.3) is 5.91 Å². The van der Waals surface area contributed by atoms with Crippen LogP contribution in [0.15, 0.2) is 43.5 Å². The lowest BCUT2D eigenvalue weighted by atomic mass is 9.64. The summed E-state index contributed by atoms with van der Waals surface area (Å²) >= 11 is 0. The van der Waals surface area contributed by atoms with Gasteiger partial charge in [-0.15, -0.1) is 13.2 Å². The van der Waals surface area contributed by atoms with Crippen molar-refractivity contribution in [2.75, 3.05) is 31.6 Å². The number of nitrogens with zero attached hydrogens (tertiary/aromatic N) is 3. The van der Waals surface area contributed by atoms with E-state index in [-0.39, 0.29) is 30.9 Å². The van der Waals surface area contributed by atoms with Crippen LogP contribution in [0.5, 0.6) is 0 Å². The van der Waals surface area contributed by atoms with Gasteiger partial charge in [0.2, 0.25) is 11.8 Å². The number of ether oxygens (including phenoxy) is 1. The van der Waals surface area contributed by atoms with Crippen molar-refractivity contribution in [2.45, 2.75) is 76.7 Å². The van der Waals surface area contributed by atoms with Gasteiger partial charge in [-0.05, 0) is 50.7 Å². The van der Waals surface area contributed by atoms with Crippen LogP contribution in [0.4, 0.5) is 5.69 Å². The van der Waals surface area contributed by atoms with E-state index in [4.69, 9.17) is 4.74 Å². The number of likely N-dealkylation sites (tertiary alicyclic amines) is 1. The third kappa shape index (κ3) is 4.23. The number of aliphatic hydroxyl groups is 1. The molecule has 6 atom stereocenters. The first-order chi connectivity index (χ1) is 18.6. The fourth-order valence-electron chi connectivity index (χ4n) is 7.44. The van der Waals surface area contributed by atoms with Crippen molar-refractivity contribution in [3.8, 4) is 0 Å². The quantitative estimate of drug-likeness (QED) is 0.437. The Morgan fingerprint density at radius 2 is 1.79 bits per heavy atom. The van der Waals surface area contributed by atoms with E-state index in [0.717, 1.165) is 16.8 Å². The maximum absolute atomic E-state index is 14.8. The molecule has 8 nitrogen and oxygen atoms in total. The van der Waals surface area contributed by atoms with Gasteiger partial charge < -0.3 is 24.5 Å². The van der Waals surface area contributed by atoms with E-state index in [1.165, 1.54) is 0 Å². The summed E-state index contributed by atoms with van der Waals surface area (Å²) in [6.45, 7) is 15.8. The van der Waals surface area contributed by atoms with Gasteiger partial charge in [0.15, 0.2) is 0 Å². The van der Waals surface area contributed by atoms with Crippen LogP contribution in [0.2, 0.25) is 0 Å². The number of hydrogen-bond donors (Lipinski definition) is 1. The topological polar surface area (TPSA) is 90.4 Å². The Morgan fingerprint density at radius 1 is 1.15 bits per heavy atom. The molecule has 3 aliphatic heterocycles. The average Bonchev–Trinajstić information content (AvgIpc) is 3.52. The molecule has 3 heterocycles. The molecule has 2 unspecified atom stereocenters. The Bertz CT molecular complexity index is 1140. The summed E-state index contributed by atoms with van der Waals surface area (Å²) in [4.78, 5) is 47.9. The standard InChI is InChI=1S/C31H43N3O5/c1-8-17-32(7)27(36)23-24-28(37)34(22(10-3)19-35)26(31(24)16-15-30(23,11-4)39-31)29(38)33(18-9-2)25-20(5)13-12-14-21(25)6/h8-9,12-14,22-24,26,35H,1-2,10-11,15-19H2,3-7H3/t22-,23+,24-,26?,30-,31?/m0/s1. The number of aliphatic hydroxyl groups excluding tert-OH is 1. The zero-order valence-electron chi connectivity index (χ0n) is 24.0. The highest BCUT2D eigenvalue weighted by molar-refractivity contribution is 6.06. The van der Waals surface area contributed by atoms with Crippen molar-refractivity contribution >= 4 is 23.4 Å². The second-order valence-corrected chi connectivity index (χ2v) is 11.3. The Hall–Kier alpha value is -2.97. The molecule has 8 heteroatoms. The van der Waals surface area contributed by atoms with Gasteiger partial charge in [0, 0.05) is 25.8 Å². The van der Waals surface area contributed by atoms with Gasteiger partial charge in [0.1, 0.15) is 11.6 Å². The largest absolute Gasteiger partial charge is 0.394 e. The molecule has 39 heavy (non-hydrogen) atoms. The number of likely N-dealkylation sites (N-methyl/N-ethyl adjacent to an activating group) is 1. The lowest BCUT2D eigenvalue weighted by molar-refractivity contribution is -0.153. The number of aryl methyl sites for hydroxylation is 2. The fraction of sp³-hybridized carbons (Fsp3) is 0.581.